The van der Waals surface area contributed by atoms with Crippen LogP contribution in [0.15, 0.2) is 24.3 Å². The number of hydrogen-bond donors (Lipinski definition) is 1. The van der Waals surface area contributed by atoms with Gasteiger partial charge in [-0.3, -0.25) is 4.79 Å². The van der Waals surface area contributed by atoms with Gasteiger partial charge in [-0.05, 0) is 37.1 Å². The minimum Gasteiger partial charge on any atom is -0.369 e. The number of nitrogens with two attached hydrogens (primary N) is 1. The number of alkyl halides is 3. The summed E-state index contributed by atoms with van der Waals surface area (Å²) < 4.78 is 39.6. The lowest BCUT2D eigenvalue weighted by molar-refractivity contribution is -0.137. The van der Waals surface area contributed by atoms with Gasteiger partial charge in [-0.2, -0.15) is 18.3 Å². The van der Waals surface area contributed by atoms with Gasteiger partial charge in [0.05, 0.1) is 11.3 Å². The molecule has 1 aliphatic carbocycles. The van der Waals surface area contributed by atoms with Gasteiger partial charge in [0.15, 0.2) is 5.82 Å². The molecule has 2 N–H and O–H groups in total. The Bertz CT molecular complexity index is 774. The van der Waals surface area contributed by atoms with E-state index in [4.69, 9.17) is 5.73 Å². The number of aromatic nitrogens is 3. The number of benzene rings is 1. The summed E-state index contributed by atoms with van der Waals surface area (Å²) in [5.74, 6) is 0.456. The van der Waals surface area contributed by atoms with E-state index < -0.39 is 23.1 Å². The number of hydrogen-bond acceptors (Lipinski definition) is 3. The maximum Gasteiger partial charge on any atom is 0.416 e. The SMILES string of the molecule is CC(C)c1nc(C2(C(N)=O)CC2)n(-c2ccc(C(F)(F)F)cc2)n1. The standard InChI is InChI=1S/C16H17F3N4O/c1-9(2)12-21-14(15(7-8-15)13(20)24)23(22-12)11-5-3-10(4-6-11)16(17,18)19/h3-6,9H,7-8H2,1-2H3,(H2,20,24). The molecule has 1 fully saturated rings. The molecule has 0 radical (unpaired) electrons. The summed E-state index contributed by atoms with van der Waals surface area (Å²) in [6.07, 6.45) is -3.27. The third-order valence-electron chi connectivity index (χ3n) is 4.23. The van der Waals surface area contributed by atoms with Crippen molar-refractivity contribution in [2.45, 2.75) is 44.2 Å². The highest BCUT2D eigenvalue weighted by molar-refractivity contribution is 5.89. The summed E-state index contributed by atoms with van der Waals surface area (Å²) in [6.45, 7) is 3.81. The van der Waals surface area contributed by atoms with E-state index in [1.165, 1.54) is 16.8 Å². The van der Waals surface area contributed by atoms with Crippen molar-refractivity contribution >= 4 is 5.91 Å². The van der Waals surface area contributed by atoms with E-state index in [1.54, 1.807) is 0 Å². The van der Waals surface area contributed by atoms with Gasteiger partial charge in [0.25, 0.3) is 0 Å². The van der Waals surface area contributed by atoms with Gasteiger partial charge in [0, 0.05) is 5.92 Å². The second-order valence-corrected chi connectivity index (χ2v) is 6.35. The monoisotopic (exact) mass is 338 g/mol. The molecule has 2 aromatic rings. The van der Waals surface area contributed by atoms with Crippen LogP contribution >= 0.6 is 0 Å². The van der Waals surface area contributed by atoms with Crippen LogP contribution in [0.4, 0.5) is 13.2 Å². The predicted molar refractivity (Wildman–Crippen MR) is 80.6 cm³/mol. The van der Waals surface area contributed by atoms with Crippen LogP contribution in [0.5, 0.6) is 0 Å². The molecule has 1 amide bonds. The first-order valence-electron chi connectivity index (χ1n) is 7.60. The second-order valence-electron chi connectivity index (χ2n) is 6.35. The number of carbonyl (C=O) groups is 1. The Balaban J connectivity index is 2.09. The highest BCUT2D eigenvalue weighted by Gasteiger charge is 2.54. The zero-order valence-corrected chi connectivity index (χ0v) is 13.3. The van der Waals surface area contributed by atoms with Gasteiger partial charge < -0.3 is 5.73 Å². The van der Waals surface area contributed by atoms with Gasteiger partial charge >= 0.3 is 6.18 Å². The van der Waals surface area contributed by atoms with Crippen molar-refractivity contribution in [1.29, 1.82) is 0 Å². The number of carbonyl (C=O) groups excluding carboxylic acids is 1. The minimum absolute atomic E-state index is 0.0168. The van der Waals surface area contributed by atoms with E-state index in [0.29, 0.717) is 30.2 Å². The fourth-order valence-corrected chi connectivity index (χ4v) is 2.56. The average Bonchev–Trinajstić information content (AvgIpc) is 3.19. The summed E-state index contributed by atoms with van der Waals surface area (Å²) in [6, 6.07) is 4.61. The van der Waals surface area contributed by atoms with E-state index >= 15 is 0 Å². The first-order valence-corrected chi connectivity index (χ1v) is 7.60. The molecule has 1 aromatic heterocycles. The first kappa shape index (κ1) is 16.5. The predicted octanol–water partition coefficient (Wildman–Crippen LogP) is 2.93. The third-order valence-corrected chi connectivity index (χ3v) is 4.23. The lowest BCUT2D eigenvalue weighted by Gasteiger charge is -2.13. The van der Waals surface area contributed by atoms with Crippen LogP contribution in [0.25, 0.3) is 5.69 Å². The van der Waals surface area contributed by atoms with Crippen molar-refractivity contribution in [2.75, 3.05) is 0 Å². The van der Waals surface area contributed by atoms with Gasteiger partial charge in [-0.15, -0.1) is 0 Å². The van der Waals surface area contributed by atoms with E-state index in [9.17, 15) is 18.0 Å². The number of halogens is 3. The Morgan fingerprint density at radius 2 is 1.83 bits per heavy atom. The maximum absolute atomic E-state index is 12.7. The molecule has 0 spiro atoms. The molecular formula is C16H17F3N4O. The molecule has 3 rings (SSSR count). The highest BCUT2D eigenvalue weighted by Crippen LogP contribution is 2.47. The Hall–Kier alpha value is -2.38. The molecule has 0 unspecified atom stereocenters. The molecule has 5 nitrogen and oxygen atoms in total. The van der Waals surface area contributed by atoms with Crippen LogP contribution in [0.1, 0.15) is 49.8 Å². The summed E-state index contributed by atoms with van der Waals surface area (Å²) in [5, 5.41) is 4.38. The second kappa shape index (κ2) is 5.32. The molecule has 8 heteroatoms. The number of nitrogens with zero attached hydrogens (tertiary/aromatic N) is 3. The van der Waals surface area contributed by atoms with E-state index in [0.717, 1.165) is 12.1 Å². The quantitative estimate of drug-likeness (QED) is 0.931. The molecule has 0 atom stereocenters. The van der Waals surface area contributed by atoms with Gasteiger partial charge in [-0.25, -0.2) is 9.67 Å². The summed E-state index contributed by atoms with van der Waals surface area (Å²) in [5.41, 5.74) is 4.32. The van der Waals surface area contributed by atoms with Crippen molar-refractivity contribution in [3.05, 3.63) is 41.5 Å². The molecule has 0 bridgehead atoms. The van der Waals surface area contributed by atoms with Gasteiger partial charge in [-0.1, -0.05) is 13.8 Å². The molecule has 0 aliphatic heterocycles. The number of rotatable bonds is 4. The van der Waals surface area contributed by atoms with Gasteiger partial charge in [0.2, 0.25) is 5.91 Å². The van der Waals surface area contributed by atoms with Crippen molar-refractivity contribution in [3.63, 3.8) is 0 Å². The zero-order chi connectivity index (χ0) is 17.7. The Kier molecular flexibility index (Phi) is 3.65. The molecule has 128 valence electrons. The summed E-state index contributed by atoms with van der Waals surface area (Å²) in [7, 11) is 0. The third kappa shape index (κ3) is 2.65. The molecule has 1 aromatic carbocycles. The van der Waals surface area contributed by atoms with E-state index in [-0.39, 0.29) is 5.92 Å². The highest BCUT2D eigenvalue weighted by atomic mass is 19.4. The van der Waals surface area contributed by atoms with Crippen molar-refractivity contribution in [2.24, 2.45) is 5.73 Å². The van der Waals surface area contributed by atoms with Crippen LogP contribution in [0.2, 0.25) is 0 Å². The van der Waals surface area contributed by atoms with Crippen LogP contribution < -0.4 is 5.73 Å². The molecule has 1 saturated carbocycles. The molecule has 24 heavy (non-hydrogen) atoms. The summed E-state index contributed by atoms with van der Waals surface area (Å²) >= 11 is 0. The van der Waals surface area contributed by atoms with Crippen molar-refractivity contribution < 1.29 is 18.0 Å². The molecule has 1 aliphatic rings. The average molecular weight is 338 g/mol. The first-order chi connectivity index (χ1) is 11.1. The lowest BCUT2D eigenvalue weighted by Crippen LogP contribution is -2.31. The largest absolute Gasteiger partial charge is 0.416 e. The maximum atomic E-state index is 12.7. The van der Waals surface area contributed by atoms with Crippen molar-refractivity contribution in [1.82, 2.24) is 14.8 Å². The van der Waals surface area contributed by atoms with Crippen LogP contribution in [0, 0.1) is 0 Å². The Morgan fingerprint density at radius 3 is 2.25 bits per heavy atom. The zero-order valence-electron chi connectivity index (χ0n) is 13.3. The molecular weight excluding hydrogens is 321 g/mol. The lowest BCUT2D eigenvalue weighted by atomic mass is 10.1. The number of amides is 1. The fourth-order valence-electron chi connectivity index (χ4n) is 2.56. The minimum atomic E-state index is -4.41. The van der Waals surface area contributed by atoms with Gasteiger partial charge in [0.1, 0.15) is 11.2 Å². The van der Waals surface area contributed by atoms with E-state index in [1.807, 2.05) is 13.8 Å². The Labute approximate surface area is 136 Å². The smallest absolute Gasteiger partial charge is 0.369 e. The number of primary amides is 1. The summed E-state index contributed by atoms with van der Waals surface area (Å²) in [4.78, 5) is 16.3. The van der Waals surface area contributed by atoms with Crippen molar-refractivity contribution in [3.8, 4) is 5.69 Å². The van der Waals surface area contributed by atoms with Crippen LogP contribution in [-0.4, -0.2) is 20.7 Å². The van der Waals surface area contributed by atoms with Crippen LogP contribution in [-0.2, 0) is 16.4 Å². The van der Waals surface area contributed by atoms with E-state index in [2.05, 4.69) is 10.1 Å². The fraction of sp³-hybridized carbons (Fsp3) is 0.438. The topological polar surface area (TPSA) is 73.8 Å². The normalized spacial score (nSPS) is 16.4. The Morgan fingerprint density at radius 1 is 1.25 bits per heavy atom. The molecule has 1 heterocycles. The molecule has 0 saturated heterocycles. The van der Waals surface area contributed by atoms with Crippen LogP contribution in [0.3, 0.4) is 0 Å².